The summed E-state index contributed by atoms with van der Waals surface area (Å²) in [6.07, 6.45) is 3.29. The number of benzene rings is 2. The minimum absolute atomic E-state index is 0.0541. The van der Waals surface area contributed by atoms with E-state index in [2.05, 4.69) is 4.99 Å². The highest BCUT2D eigenvalue weighted by atomic mass is 35.5. The van der Waals surface area contributed by atoms with E-state index in [0.717, 1.165) is 24.0 Å². The van der Waals surface area contributed by atoms with Gasteiger partial charge in [0.05, 0.1) is 12.4 Å². The Bertz CT molecular complexity index is 878. The lowest BCUT2D eigenvalue weighted by molar-refractivity contribution is 0.121. The topological polar surface area (TPSA) is 56.1 Å². The smallest absolute Gasteiger partial charge is 0.325 e. The lowest BCUT2D eigenvalue weighted by Crippen LogP contribution is -2.47. The summed E-state index contributed by atoms with van der Waals surface area (Å²) in [5.41, 5.74) is 1.98. The molecular weight excluding hydrogens is 409 g/mol. The number of nitrogens with zero attached hydrogens (tertiary/aromatic N) is 3. The number of hydrogen-bond donors (Lipinski definition) is 1. The Balaban J connectivity index is 1.62. The molecule has 1 N–H and O–H groups in total. The lowest BCUT2D eigenvalue weighted by Gasteiger charge is -2.36. The summed E-state index contributed by atoms with van der Waals surface area (Å²) in [5, 5.41) is 10.7. The van der Waals surface area contributed by atoms with E-state index in [0.29, 0.717) is 23.1 Å². The van der Waals surface area contributed by atoms with Crippen LogP contribution in [0.3, 0.4) is 0 Å². The SMILES string of the molecule is O=C(N1CCC(CO)CC1)N1C=NC(c2ccc(Cl)cc2)C1c1ccc(Cl)cc1. The van der Waals surface area contributed by atoms with Gasteiger partial charge in [-0.05, 0) is 54.2 Å². The van der Waals surface area contributed by atoms with Gasteiger partial charge in [0.2, 0.25) is 0 Å². The minimum Gasteiger partial charge on any atom is -0.396 e. The predicted octanol–water partition coefficient (Wildman–Crippen LogP) is 4.94. The molecule has 2 atom stereocenters. The van der Waals surface area contributed by atoms with E-state index in [1.54, 1.807) is 11.2 Å². The average molecular weight is 432 g/mol. The lowest BCUT2D eigenvalue weighted by atomic mass is 9.93. The Morgan fingerprint density at radius 3 is 2.07 bits per heavy atom. The third-order valence-electron chi connectivity index (χ3n) is 5.74. The van der Waals surface area contributed by atoms with Crippen molar-refractivity contribution >= 4 is 35.6 Å². The summed E-state index contributed by atoms with van der Waals surface area (Å²) in [6.45, 7) is 1.47. The summed E-state index contributed by atoms with van der Waals surface area (Å²) >= 11 is 12.1. The van der Waals surface area contributed by atoms with Crippen LogP contribution in [0.25, 0.3) is 0 Å². The number of halogens is 2. The van der Waals surface area contributed by atoms with Crippen molar-refractivity contribution in [1.82, 2.24) is 9.80 Å². The molecule has 0 radical (unpaired) electrons. The average Bonchev–Trinajstić information content (AvgIpc) is 3.19. The molecule has 0 aromatic heterocycles. The zero-order chi connectivity index (χ0) is 20.4. The van der Waals surface area contributed by atoms with Gasteiger partial charge >= 0.3 is 6.03 Å². The van der Waals surface area contributed by atoms with E-state index in [-0.39, 0.29) is 30.6 Å². The van der Waals surface area contributed by atoms with E-state index in [1.165, 1.54) is 0 Å². The molecule has 2 aliphatic rings. The van der Waals surface area contributed by atoms with Crippen LogP contribution < -0.4 is 0 Å². The number of aliphatic imine (C=N–C) groups is 1. The molecular formula is C22H23Cl2N3O2. The molecule has 2 aromatic rings. The molecule has 5 nitrogen and oxygen atoms in total. The maximum Gasteiger partial charge on any atom is 0.325 e. The number of urea groups is 1. The highest BCUT2D eigenvalue weighted by Gasteiger charge is 2.39. The number of piperidine rings is 1. The fraction of sp³-hybridized carbons (Fsp3) is 0.364. The van der Waals surface area contributed by atoms with Gasteiger partial charge in [-0.15, -0.1) is 0 Å². The second-order valence-electron chi connectivity index (χ2n) is 7.56. The molecule has 7 heteroatoms. The first-order chi connectivity index (χ1) is 14.1. The Morgan fingerprint density at radius 2 is 1.52 bits per heavy atom. The first kappa shape index (κ1) is 20.2. The van der Waals surface area contributed by atoms with Gasteiger partial charge in [0.1, 0.15) is 6.04 Å². The van der Waals surface area contributed by atoms with E-state index in [9.17, 15) is 9.90 Å². The largest absolute Gasteiger partial charge is 0.396 e. The van der Waals surface area contributed by atoms with Crippen molar-refractivity contribution in [2.75, 3.05) is 19.7 Å². The number of carbonyl (C=O) groups excluding carboxylic acids is 1. The highest BCUT2D eigenvalue weighted by molar-refractivity contribution is 6.30. The van der Waals surface area contributed by atoms with Crippen LogP contribution in [0, 0.1) is 5.92 Å². The Kier molecular flexibility index (Phi) is 6.09. The van der Waals surface area contributed by atoms with Crippen molar-refractivity contribution in [2.45, 2.75) is 24.9 Å². The number of aliphatic hydroxyl groups is 1. The van der Waals surface area contributed by atoms with Crippen LogP contribution in [0.5, 0.6) is 0 Å². The monoisotopic (exact) mass is 431 g/mol. The second kappa shape index (κ2) is 8.74. The molecule has 2 aliphatic heterocycles. The van der Waals surface area contributed by atoms with Gasteiger partial charge in [0.15, 0.2) is 0 Å². The van der Waals surface area contributed by atoms with E-state index in [4.69, 9.17) is 23.2 Å². The van der Waals surface area contributed by atoms with Crippen LogP contribution in [0.4, 0.5) is 4.79 Å². The van der Waals surface area contributed by atoms with Crippen LogP contribution in [-0.2, 0) is 0 Å². The zero-order valence-electron chi connectivity index (χ0n) is 15.9. The van der Waals surface area contributed by atoms with E-state index >= 15 is 0 Å². The molecule has 2 heterocycles. The van der Waals surface area contributed by atoms with Gasteiger partial charge in [0, 0.05) is 29.7 Å². The third-order valence-corrected chi connectivity index (χ3v) is 6.24. The molecule has 2 unspecified atom stereocenters. The normalized spacial score (nSPS) is 22.3. The maximum absolute atomic E-state index is 13.3. The molecule has 0 saturated carbocycles. The number of amides is 2. The van der Waals surface area contributed by atoms with Crippen molar-refractivity contribution in [3.63, 3.8) is 0 Å². The van der Waals surface area contributed by atoms with Crippen LogP contribution in [0.1, 0.15) is 36.1 Å². The van der Waals surface area contributed by atoms with Gasteiger partial charge in [-0.3, -0.25) is 9.89 Å². The Morgan fingerprint density at radius 1 is 0.966 bits per heavy atom. The third kappa shape index (κ3) is 4.27. The first-order valence-electron chi connectivity index (χ1n) is 9.79. The van der Waals surface area contributed by atoms with Gasteiger partial charge in [-0.25, -0.2) is 4.79 Å². The summed E-state index contributed by atoms with van der Waals surface area (Å²) in [4.78, 5) is 21.6. The second-order valence-corrected chi connectivity index (χ2v) is 8.43. The molecule has 1 saturated heterocycles. The fourth-order valence-corrected chi connectivity index (χ4v) is 4.27. The summed E-state index contributed by atoms with van der Waals surface area (Å²) in [5.74, 6) is 0.278. The molecule has 2 aromatic carbocycles. The highest BCUT2D eigenvalue weighted by Crippen LogP contribution is 2.41. The van der Waals surface area contributed by atoms with Crippen molar-refractivity contribution in [1.29, 1.82) is 0 Å². The molecule has 4 rings (SSSR count). The summed E-state index contributed by atoms with van der Waals surface area (Å²) in [6, 6.07) is 14.6. The van der Waals surface area contributed by atoms with Gasteiger partial charge < -0.3 is 10.0 Å². The van der Waals surface area contributed by atoms with Crippen molar-refractivity contribution in [3.05, 3.63) is 69.7 Å². The van der Waals surface area contributed by atoms with Crippen LogP contribution in [0.15, 0.2) is 53.5 Å². The standard InChI is InChI=1S/C22H23Cl2N3O2/c23-18-5-1-16(2-6-18)20-21(17-3-7-19(24)8-4-17)27(14-25-20)22(29)26-11-9-15(13-28)10-12-26/h1-8,14-15,20-21,28H,9-13H2. The summed E-state index contributed by atoms with van der Waals surface area (Å²) in [7, 11) is 0. The summed E-state index contributed by atoms with van der Waals surface area (Å²) < 4.78 is 0. The van der Waals surface area contributed by atoms with Crippen LogP contribution in [-0.4, -0.2) is 47.0 Å². The van der Waals surface area contributed by atoms with Crippen molar-refractivity contribution < 1.29 is 9.90 Å². The van der Waals surface area contributed by atoms with E-state index < -0.39 is 0 Å². The molecule has 0 aliphatic carbocycles. The molecule has 29 heavy (non-hydrogen) atoms. The van der Waals surface area contributed by atoms with Gasteiger partial charge in [-0.2, -0.15) is 0 Å². The zero-order valence-corrected chi connectivity index (χ0v) is 17.4. The van der Waals surface area contributed by atoms with Crippen molar-refractivity contribution in [3.8, 4) is 0 Å². The quantitative estimate of drug-likeness (QED) is 0.747. The van der Waals surface area contributed by atoms with Gasteiger partial charge in [0.25, 0.3) is 0 Å². The van der Waals surface area contributed by atoms with E-state index in [1.807, 2.05) is 53.4 Å². The minimum atomic E-state index is -0.253. The number of carbonyl (C=O) groups is 1. The number of aliphatic hydroxyl groups excluding tert-OH is 1. The van der Waals surface area contributed by atoms with Crippen molar-refractivity contribution in [2.24, 2.45) is 10.9 Å². The molecule has 0 bridgehead atoms. The number of rotatable bonds is 3. The Hall–Kier alpha value is -2.08. The molecule has 152 valence electrons. The van der Waals surface area contributed by atoms with Gasteiger partial charge in [-0.1, -0.05) is 47.5 Å². The molecule has 0 spiro atoms. The first-order valence-corrected chi connectivity index (χ1v) is 10.5. The predicted molar refractivity (Wildman–Crippen MR) is 115 cm³/mol. The number of likely N-dealkylation sites (tertiary alicyclic amines) is 1. The van der Waals surface area contributed by atoms with Crippen LogP contribution in [0.2, 0.25) is 10.0 Å². The number of hydrogen-bond acceptors (Lipinski definition) is 3. The maximum atomic E-state index is 13.3. The molecule has 2 amide bonds. The fourth-order valence-electron chi connectivity index (χ4n) is 4.02. The molecule has 1 fully saturated rings. The van der Waals surface area contributed by atoms with Crippen LogP contribution >= 0.6 is 23.2 Å². The Labute approximate surface area is 180 Å².